The maximum atomic E-state index is 11.8. The Balaban J connectivity index is 1.96. The molecular weight excluding hydrogens is 304 g/mol. The number of carbonyl (C=O) groups is 2. The Kier molecular flexibility index (Phi) is 5.53. The number of rotatable bonds is 4. The van der Waals surface area contributed by atoms with E-state index in [9.17, 15) is 9.59 Å². The van der Waals surface area contributed by atoms with Crippen molar-refractivity contribution in [3.8, 4) is 11.5 Å². The van der Waals surface area contributed by atoms with Crippen molar-refractivity contribution in [3.05, 3.63) is 70.8 Å². The van der Waals surface area contributed by atoms with Gasteiger partial charge in [-0.2, -0.15) is 0 Å². The van der Waals surface area contributed by atoms with Gasteiger partial charge >= 0.3 is 11.9 Å². The van der Waals surface area contributed by atoms with Crippen LogP contribution in [0.4, 0.5) is 0 Å². The standard InChI is InChI=1S/C20H20O4/c1-13-7-14(2)10-17(9-13)23-19(21)5-6-20(22)24-18-11-15(3)8-16(4)12-18/h5-12H,1-4H3. The summed E-state index contributed by atoms with van der Waals surface area (Å²) in [6.45, 7) is 7.67. The van der Waals surface area contributed by atoms with Gasteiger partial charge in [0.1, 0.15) is 11.5 Å². The smallest absolute Gasteiger partial charge is 0.336 e. The summed E-state index contributed by atoms with van der Waals surface area (Å²) < 4.78 is 10.4. The van der Waals surface area contributed by atoms with Crippen molar-refractivity contribution >= 4 is 11.9 Å². The Morgan fingerprint density at radius 3 is 1.21 bits per heavy atom. The molecule has 0 heterocycles. The van der Waals surface area contributed by atoms with Crippen molar-refractivity contribution in [1.29, 1.82) is 0 Å². The maximum absolute atomic E-state index is 11.8. The molecule has 0 radical (unpaired) electrons. The van der Waals surface area contributed by atoms with Crippen LogP contribution in [0.2, 0.25) is 0 Å². The van der Waals surface area contributed by atoms with Gasteiger partial charge in [-0.25, -0.2) is 9.59 Å². The molecular formula is C20H20O4. The van der Waals surface area contributed by atoms with E-state index < -0.39 is 11.9 Å². The molecule has 0 aliphatic rings. The van der Waals surface area contributed by atoms with Gasteiger partial charge in [0.25, 0.3) is 0 Å². The Labute approximate surface area is 141 Å². The molecule has 2 aromatic carbocycles. The summed E-state index contributed by atoms with van der Waals surface area (Å²) in [5.74, 6) is -0.357. The second-order valence-electron chi connectivity index (χ2n) is 5.82. The molecule has 2 aromatic rings. The van der Waals surface area contributed by atoms with E-state index in [1.54, 1.807) is 24.3 Å². The average Bonchev–Trinajstić information content (AvgIpc) is 2.42. The van der Waals surface area contributed by atoms with Crippen LogP contribution in [0, 0.1) is 27.7 Å². The minimum Gasteiger partial charge on any atom is -0.423 e. The van der Waals surface area contributed by atoms with Gasteiger partial charge in [-0.15, -0.1) is 0 Å². The number of hydrogen-bond acceptors (Lipinski definition) is 4. The van der Waals surface area contributed by atoms with Crippen molar-refractivity contribution in [2.45, 2.75) is 27.7 Å². The quantitative estimate of drug-likeness (QED) is 0.485. The van der Waals surface area contributed by atoms with Crippen LogP contribution in [0.1, 0.15) is 22.3 Å². The van der Waals surface area contributed by atoms with Gasteiger partial charge in [0.2, 0.25) is 0 Å². The molecule has 4 heteroatoms. The number of ether oxygens (including phenoxy) is 2. The summed E-state index contributed by atoms with van der Waals surface area (Å²) >= 11 is 0. The zero-order valence-electron chi connectivity index (χ0n) is 14.3. The van der Waals surface area contributed by atoms with E-state index in [0.717, 1.165) is 34.4 Å². The first kappa shape index (κ1) is 17.5. The van der Waals surface area contributed by atoms with Gasteiger partial charge in [0.15, 0.2) is 0 Å². The molecule has 0 fully saturated rings. The summed E-state index contributed by atoms with van der Waals surface area (Å²) in [5, 5.41) is 0. The lowest BCUT2D eigenvalue weighted by Gasteiger charge is -2.05. The molecule has 4 nitrogen and oxygen atoms in total. The third-order valence-electron chi connectivity index (χ3n) is 3.18. The van der Waals surface area contributed by atoms with Gasteiger partial charge in [-0.3, -0.25) is 0 Å². The molecule has 0 atom stereocenters. The van der Waals surface area contributed by atoms with Crippen LogP contribution >= 0.6 is 0 Å². The van der Waals surface area contributed by atoms with Crippen molar-refractivity contribution < 1.29 is 19.1 Å². The number of aryl methyl sites for hydroxylation is 4. The van der Waals surface area contributed by atoms with Crippen LogP contribution < -0.4 is 9.47 Å². The monoisotopic (exact) mass is 324 g/mol. The number of hydrogen-bond donors (Lipinski definition) is 0. The number of carbonyl (C=O) groups excluding carboxylic acids is 2. The fourth-order valence-corrected chi connectivity index (χ4v) is 2.42. The first-order valence-electron chi connectivity index (χ1n) is 7.60. The second-order valence-corrected chi connectivity index (χ2v) is 5.82. The molecule has 124 valence electrons. The van der Waals surface area contributed by atoms with Crippen molar-refractivity contribution in [1.82, 2.24) is 0 Å². The van der Waals surface area contributed by atoms with Gasteiger partial charge in [-0.1, -0.05) is 12.1 Å². The van der Waals surface area contributed by atoms with E-state index in [1.165, 1.54) is 0 Å². The summed E-state index contributed by atoms with van der Waals surface area (Å²) in [6, 6.07) is 11.0. The highest BCUT2D eigenvalue weighted by molar-refractivity contribution is 5.93. The van der Waals surface area contributed by atoms with E-state index in [0.29, 0.717) is 11.5 Å². The summed E-state index contributed by atoms with van der Waals surface area (Å²) in [7, 11) is 0. The van der Waals surface area contributed by atoms with E-state index in [-0.39, 0.29) is 0 Å². The summed E-state index contributed by atoms with van der Waals surface area (Å²) in [4.78, 5) is 23.6. The Bertz CT molecular complexity index is 695. The lowest BCUT2D eigenvalue weighted by Crippen LogP contribution is -2.08. The Morgan fingerprint density at radius 1 is 0.625 bits per heavy atom. The van der Waals surface area contributed by atoms with Crippen molar-refractivity contribution in [2.24, 2.45) is 0 Å². The van der Waals surface area contributed by atoms with Crippen LogP contribution in [0.5, 0.6) is 11.5 Å². The minimum absolute atomic E-state index is 0.449. The maximum Gasteiger partial charge on any atom is 0.336 e. The Hall–Kier alpha value is -2.88. The second kappa shape index (κ2) is 7.59. The van der Waals surface area contributed by atoms with E-state index in [4.69, 9.17) is 9.47 Å². The lowest BCUT2D eigenvalue weighted by molar-refractivity contribution is -0.131. The fourth-order valence-electron chi connectivity index (χ4n) is 2.42. The minimum atomic E-state index is -0.627. The first-order valence-corrected chi connectivity index (χ1v) is 7.60. The Morgan fingerprint density at radius 2 is 0.917 bits per heavy atom. The van der Waals surface area contributed by atoms with Gasteiger partial charge in [0, 0.05) is 12.2 Å². The number of benzene rings is 2. The molecule has 0 saturated carbocycles. The predicted molar refractivity (Wildman–Crippen MR) is 92.2 cm³/mol. The molecule has 0 amide bonds. The topological polar surface area (TPSA) is 52.6 Å². The fraction of sp³-hybridized carbons (Fsp3) is 0.200. The number of esters is 2. The molecule has 0 unspecified atom stereocenters. The molecule has 0 spiro atoms. The predicted octanol–water partition coefficient (Wildman–Crippen LogP) is 3.99. The zero-order chi connectivity index (χ0) is 17.7. The van der Waals surface area contributed by atoms with E-state index >= 15 is 0 Å². The summed E-state index contributed by atoms with van der Waals surface area (Å²) in [6.07, 6.45) is 2.12. The zero-order valence-corrected chi connectivity index (χ0v) is 14.3. The van der Waals surface area contributed by atoms with Gasteiger partial charge in [0.05, 0.1) is 0 Å². The summed E-state index contributed by atoms with van der Waals surface area (Å²) in [5.41, 5.74) is 3.99. The highest BCUT2D eigenvalue weighted by Gasteiger charge is 2.06. The van der Waals surface area contributed by atoms with Gasteiger partial charge < -0.3 is 9.47 Å². The van der Waals surface area contributed by atoms with Crippen LogP contribution in [-0.4, -0.2) is 11.9 Å². The molecule has 0 bridgehead atoms. The lowest BCUT2D eigenvalue weighted by atomic mass is 10.1. The van der Waals surface area contributed by atoms with E-state index in [2.05, 4.69) is 0 Å². The van der Waals surface area contributed by atoms with Crippen LogP contribution in [0.25, 0.3) is 0 Å². The molecule has 0 saturated heterocycles. The average molecular weight is 324 g/mol. The molecule has 0 aliphatic carbocycles. The largest absolute Gasteiger partial charge is 0.423 e. The third kappa shape index (κ3) is 5.39. The SMILES string of the molecule is Cc1cc(C)cc(OC(=O)C=CC(=O)Oc2cc(C)cc(C)c2)c1. The van der Waals surface area contributed by atoms with Crippen LogP contribution in [-0.2, 0) is 9.59 Å². The highest BCUT2D eigenvalue weighted by Crippen LogP contribution is 2.17. The van der Waals surface area contributed by atoms with Crippen molar-refractivity contribution in [3.63, 3.8) is 0 Å². The van der Waals surface area contributed by atoms with Crippen LogP contribution in [0.15, 0.2) is 48.6 Å². The molecule has 0 N–H and O–H groups in total. The van der Waals surface area contributed by atoms with Gasteiger partial charge in [-0.05, 0) is 74.2 Å². The normalized spacial score (nSPS) is 10.7. The first-order chi connectivity index (χ1) is 11.3. The highest BCUT2D eigenvalue weighted by atomic mass is 16.5. The molecule has 0 aromatic heterocycles. The third-order valence-corrected chi connectivity index (χ3v) is 3.18. The molecule has 2 rings (SSSR count). The van der Waals surface area contributed by atoms with Crippen LogP contribution in [0.3, 0.4) is 0 Å². The molecule has 0 aliphatic heterocycles. The molecule has 24 heavy (non-hydrogen) atoms. The van der Waals surface area contributed by atoms with E-state index in [1.807, 2.05) is 39.8 Å². The van der Waals surface area contributed by atoms with Crippen molar-refractivity contribution in [2.75, 3.05) is 0 Å².